The molecule has 0 radical (unpaired) electrons. The number of unbranched alkanes of at least 4 members (excludes halogenated alkanes) is 3. The van der Waals surface area contributed by atoms with E-state index in [0.717, 1.165) is 25.5 Å². The lowest BCUT2D eigenvalue weighted by Gasteiger charge is -2.14. The smallest absolute Gasteiger partial charge is 0.423 e. The van der Waals surface area contributed by atoms with Gasteiger partial charge in [0.2, 0.25) is 11.8 Å². The predicted octanol–water partition coefficient (Wildman–Crippen LogP) is 5.21. The molecular formula is C18H22F3N3O2. The lowest BCUT2D eigenvalue weighted by molar-refractivity contribution is -0.139. The summed E-state index contributed by atoms with van der Waals surface area (Å²) in [5.74, 6) is 0.165. The molecular weight excluding hydrogens is 347 g/mol. The second-order valence-electron chi connectivity index (χ2n) is 5.68. The number of rotatable bonds is 9. The van der Waals surface area contributed by atoms with Gasteiger partial charge < -0.3 is 14.8 Å². The minimum Gasteiger partial charge on any atom is -0.497 e. The summed E-state index contributed by atoms with van der Waals surface area (Å²) in [6.45, 7) is 2.24. The summed E-state index contributed by atoms with van der Waals surface area (Å²) >= 11 is 0. The first-order valence-electron chi connectivity index (χ1n) is 8.42. The highest BCUT2D eigenvalue weighted by Crippen LogP contribution is 2.35. The first-order valence-corrected chi connectivity index (χ1v) is 8.42. The Kier molecular flexibility index (Phi) is 7.06. The number of methoxy groups -OCH3 is 1. The summed E-state index contributed by atoms with van der Waals surface area (Å²) < 4.78 is 49.8. The van der Waals surface area contributed by atoms with Gasteiger partial charge in [0.25, 0.3) is 0 Å². The van der Waals surface area contributed by atoms with Gasteiger partial charge in [-0.2, -0.15) is 18.2 Å². The average Bonchev–Trinajstić information content (AvgIpc) is 2.61. The Bertz CT molecular complexity index is 708. The van der Waals surface area contributed by atoms with Gasteiger partial charge in [-0.25, -0.2) is 4.98 Å². The number of ether oxygens (including phenoxy) is 2. The number of halogens is 3. The highest BCUT2D eigenvalue weighted by atomic mass is 19.4. The Balaban J connectivity index is 2.16. The van der Waals surface area contributed by atoms with Gasteiger partial charge in [0, 0.05) is 18.0 Å². The molecule has 1 aromatic heterocycles. The molecule has 0 spiro atoms. The van der Waals surface area contributed by atoms with Gasteiger partial charge in [-0.3, -0.25) is 0 Å². The Labute approximate surface area is 150 Å². The Morgan fingerprint density at radius 3 is 2.65 bits per heavy atom. The molecule has 0 aliphatic carbocycles. The first kappa shape index (κ1) is 19.8. The van der Waals surface area contributed by atoms with Crippen LogP contribution in [0.5, 0.6) is 11.6 Å². The Morgan fingerprint density at radius 1 is 1.15 bits per heavy atom. The zero-order valence-corrected chi connectivity index (χ0v) is 14.8. The van der Waals surface area contributed by atoms with E-state index in [9.17, 15) is 13.2 Å². The van der Waals surface area contributed by atoms with Gasteiger partial charge in [-0.05, 0) is 18.6 Å². The zero-order valence-electron chi connectivity index (χ0n) is 14.8. The molecule has 142 valence electrons. The summed E-state index contributed by atoms with van der Waals surface area (Å²) in [5.41, 5.74) is -0.387. The monoisotopic (exact) mass is 369 g/mol. The molecule has 0 aliphatic heterocycles. The van der Waals surface area contributed by atoms with Crippen molar-refractivity contribution in [3.8, 4) is 11.6 Å². The predicted molar refractivity (Wildman–Crippen MR) is 92.9 cm³/mol. The molecule has 0 atom stereocenters. The van der Waals surface area contributed by atoms with E-state index in [0.29, 0.717) is 17.9 Å². The van der Waals surface area contributed by atoms with E-state index in [4.69, 9.17) is 9.47 Å². The quantitative estimate of drug-likeness (QED) is 0.615. The molecule has 0 amide bonds. The second kappa shape index (κ2) is 9.26. The molecule has 0 fully saturated rings. The molecule has 0 saturated carbocycles. The van der Waals surface area contributed by atoms with Crippen molar-refractivity contribution in [1.82, 2.24) is 9.97 Å². The molecule has 1 aromatic carbocycles. The van der Waals surface area contributed by atoms with Crippen molar-refractivity contribution < 1.29 is 22.6 Å². The lowest BCUT2D eigenvalue weighted by atomic mass is 10.2. The van der Waals surface area contributed by atoms with Crippen LogP contribution in [0.3, 0.4) is 0 Å². The van der Waals surface area contributed by atoms with E-state index in [1.165, 1.54) is 7.11 Å². The number of benzene rings is 1. The van der Waals surface area contributed by atoms with Crippen LogP contribution in [0.2, 0.25) is 0 Å². The summed E-state index contributed by atoms with van der Waals surface area (Å²) in [6.07, 6.45) is -0.215. The van der Waals surface area contributed by atoms with E-state index in [-0.39, 0.29) is 12.6 Å². The minimum atomic E-state index is -4.58. The number of nitrogens with one attached hydrogen (secondary N) is 1. The average molecular weight is 369 g/mol. The van der Waals surface area contributed by atoms with Gasteiger partial charge in [0.15, 0.2) is 0 Å². The molecule has 2 aromatic rings. The number of hydrogen-bond donors (Lipinski definition) is 1. The van der Waals surface area contributed by atoms with Crippen LogP contribution in [0.25, 0.3) is 0 Å². The van der Waals surface area contributed by atoms with E-state index < -0.39 is 17.6 Å². The fraction of sp³-hybridized carbons (Fsp3) is 0.444. The second-order valence-corrected chi connectivity index (χ2v) is 5.68. The van der Waals surface area contributed by atoms with Crippen LogP contribution in [0.4, 0.5) is 24.8 Å². The van der Waals surface area contributed by atoms with Crippen molar-refractivity contribution in [2.75, 3.05) is 19.0 Å². The van der Waals surface area contributed by atoms with Crippen LogP contribution in [-0.4, -0.2) is 23.7 Å². The summed E-state index contributed by atoms with van der Waals surface area (Å²) in [7, 11) is 1.53. The van der Waals surface area contributed by atoms with Gasteiger partial charge >= 0.3 is 6.18 Å². The van der Waals surface area contributed by atoms with Crippen molar-refractivity contribution in [2.24, 2.45) is 0 Å². The molecule has 8 heteroatoms. The third-order valence-electron chi connectivity index (χ3n) is 3.62. The summed E-state index contributed by atoms with van der Waals surface area (Å²) in [4.78, 5) is 7.65. The fourth-order valence-corrected chi connectivity index (χ4v) is 2.26. The maximum Gasteiger partial charge on any atom is 0.423 e. The SMILES string of the molecule is CCCCCCOc1nc(Nc2cccc(OC)c2)ncc1C(F)(F)F. The fourth-order valence-electron chi connectivity index (χ4n) is 2.26. The van der Waals surface area contributed by atoms with Crippen LogP contribution >= 0.6 is 0 Å². The van der Waals surface area contributed by atoms with Crippen molar-refractivity contribution >= 4 is 11.6 Å². The van der Waals surface area contributed by atoms with E-state index in [1.807, 2.05) is 0 Å². The molecule has 2 rings (SSSR count). The number of aromatic nitrogens is 2. The molecule has 0 aliphatic rings. The van der Waals surface area contributed by atoms with Crippen LogP contribution in [0, 0.1) is 0 Å². The Hall–Kier alpha value is -2.51. The van der Waals surface area contributed by atoms with E-state index in [1.54, 1.807) is 24.3 Å². The third kappa shape index (κ3) is 5.79. The maximum absolute atomic E-state index is 13.1. The largest absolute Gasteiger partial charge is 0.497 e. The highest BCUT2D eigenvalue weighted by Gasteiger charge is 2.36. The van der Waals surface area contributed by atoms with Gasteiger partial charge in [0.05, 0.1) is 13.7 Å². The van der Waals surface area contributed by atoms with Crippen molar-refractivity contribution in [3.05, 3.63) is 36.0 Å². The minimum absolute atomic E-state index is 0.0230. The Morgan fingerprint density at radius 2 is 1.96 bits per heavy atom. The number of anilines is 2. The van der Waals surface area contributed by atoms with Crippen molar-refractivity contribution in [1.29, 1.82) is 0 Å². The topological polar surface area (TPSA) is 56.3 Å². The summed E-state index contributed by atoms with van der Waals surface area (Å²) in [5, 5.41) is 2.86. The molecule has 5 nitrogen and oxygen atoms in total. The molecule has 0 unspecified atom stereocenters. The van der Waals surface area contributed by atoms with Crippen molar-refractivity contribution in [2.45, 2.75) is 38.8 Å². The van der Waals surface area contributed by atoms with Gasteiger partial charge in [-0.15, -0.1) is 0 Å². The molecule has 1 N–H and O–H groups in total. The lowest BCUT2D eigenvalue weighted by Crippen LogP contribution is -2.13. The molecule has 0 saturated heterocycles. The van der Waals surface area contributed by atoms with Crippen LogP contribution in [0.1, 0.15) is 38.2 Å². The number of nitrogens with zero attached hydrogens (tertiary/aromatic N) is 2. The van der Waals surface area contributed by atoms with Crippen LogP contribution in [-0.2, 0) is 6.18 Å². The normalized spacial score (nSPS) is 11.3. The molecule has 26 heavy (non-hydrogen) atoms. The van der Waals surface area contributed by atoms with Gasteiger partial charge in [-0.1, -0.05) is 32.3 Å². The van der Waals surface area contributed by atoms with E-state index >= 15 is 0 Å². The van der Waals surface area contributed by atoms with Crippen LogP contribution < -0.4 is 14.8 Å². The molecule has 1 heterocycles. The van der Waals surface area contributed by atoms with Crippen LogP contribution in [0.15, 0.2) is 30.5 Å². The summed E-state index contributed by atoms with van der Waals surface area (Å²) in [6, 6.07) is 6.92. The zero-order chi connectivity index (χ0) is 19.0. The first-order chi connectivity index (χ1) is 12.4. The van der Waals surface area contributed by atoms with Gasteiger partial charge in [0.1, 0.15) is 11.3 Å². The van der Waals surface area contributed by atoms with E-state index in [2.05, 4.69) is 22.2 Å². The third-order valence-corrected chi connectivity index (χ3v) is 3.62. The highest BCUT2D eigenvalue weighted by molar-refractivity contribution is 5.56. The van der Waals surface area contributed by atoms with Crippen molar-refractivity contribution in [3.63, 3.8) is 0 Å². The maximum atomic E-state index is 13.1. The standard InChI is InChI=1S/C18H22F3N3O2/c1-3-4-5-6-10-26-16-15(18(19,20)21)12-22-17(24-16)23-13-8-7-9-14(11-13)25-2/h7-9,11-12H,3-6,10H2,1-2H3,(H,22,23,24). The molecule has 0 bridgehead atoms. The number of alkyl halides is 3. The number of hydrogen-bond acceptors (Lipinski definition) is 5.